The van der Waals surface area contributed by atoms with Crippen molar-refractivity contribution in [3.8, 4) is 0 Å². The predicted octanol–water partition coefficient (Wildman–Crippen LogP) is 2.84. The van der Waals surface area contributed by atoms with Crippen molar-refractivity contribution < 1.29 is 35.9 Å². The molecule has 1 aromatic heterocycles. The summed E-state index contributed by atoms with van der Waals surface area (Å²) in [6, 6.07) is 0. The van der Waals surface area contributed by atoms with Gasteiger partial charge in [-0.3, -0.25) is 0 Å². The van der Waals surface area contributed by atoms with E-state index < -0.39 is 35.1 Å². The van der Waals surface area contributed by atoms with Gasteiger partial charge < -0.3 is 9.72 Å². The van der Waals surface area contributed by atoms with Gasteiger partial charge in [-0.15, -0.1) is 0 Å². The Bertz CT molecular complexity index is 430. The number of hydrogen-bond donors (Lipinski definition) is 1. The van der Waals surface area contributed by atoms with Crippen LogP contribution in [-0.4, -0.2) is 18.1 Å². The number of ether oxygens (including phenoxy) is 1. The lowest BCUT2D eigenvalue weighted by Gasteiger charge is -2.12. The minimum atomic E-state index is -5.31. The van der Waals surface area contributed by atoms with Gasteiger partial charge in [-0.1, -0.05) is 0 Å². The lowest BCUT2D eigenvalue weighted by molar-refractivity contribution is -0.161. The Morgan fingerprint density at radius 1 is 1.18 bits per heavy atom. The summed E-state index contributed by atoms with van der Waals surface area (Å²) in [5, 5.41) is 0. The van der Waals surface area contributed by atoms with Crippen molar-refractivity contribution in [3.05, 3.63) is 23.0 Å². The molecule has 1 aromatic rings. The molecule has 17 heavy (non-hydrogen) atoms. The van der Waals surface area contributed by atoms with Crippen molar-refractivity contribution in [3.63, 3.8) is 0 Å². The molecule has 1 heterocycles. The highest BCUT2D eigenvalue weighted by atomic mass is 19.4. The molecule has 0 saturated carbocycles. The quantitative estimate of drug-likeness (QED) is 0.623. The Morgan fingerprint density at radius 3 is 2.06 bits per heavy atom. The van der Waals surface area contributed by atoms with Crippen LogP contribution in [0.3, 0.4) is 0 Å². The molecule has 9 heteroatoms. The summed E-state index contributed by atoms with van der Waals surface area (Å²) in [6.07, 6.45) is -10.4. The van der Waals surface area contributed by atoms with E-state index in [2.05, 4.69) is 4.74 Å². The number of esters is 1. The lowest BCUT2D eigenvalue weighted by Crippen LogP contribution is -2.18. The molecule has 0 aliphatic heterocycles. The first-order valence-corrected chi connectivity index (χ1v) is 4.03. The van der Waals surface area contributed by atoms with Crippen molar-refractivity contribution in [2.75, 3.05) is 7.11 Å². The van der Waals surface area contributed by atoms with E-state index in [-0.39, 0.29) is 6.20 Å². The van der Waals surface area contributed by atoms with Gasteiger partial charge in [-0.2, -0.15) is 26.3 Å². The third-order valence-electron chi connectivity index (χ3n) is 1.86. The van der Waals surface area contributed by atoms with E-state index in [0.29, 0.717) is 0 Å². The molecule has 96 valence electrons. The van der Waals surface area contributed by atoms with Gasteiger partial charge in [0.05, 0.1) is 12.7 Å². The number of halogens is 6. The summed E-state index contributed by atoms with van der Waals surface area (Å²) in [5.41, 5.74) is -5.30. The van der Waals surface area contributed by atoms with E-state index in [1.807, 2.05) is 0 Å². The first-order chi connectivity index (χ1) is 7.59. The number of H-pyrrole nitrogens is 1. The van der Waals surface area contributed by atoms with Crippen LogP contribution < -0.4 is 0 Å². The van der Waals surface area contributed by atoms with Crippen LogP contribution in [0, 0.1) is 0 Å². The Kier molecular flexibility index (Phi) is 3.13. The van der Waals surface area contributed by atoms with Gasteiger partial charge in [0.2, 0.25) is 0 Å². The van der Waals surface area contributed by atoms with Crippen LogP contribution in [-0.2, 0) is 17.1 Å². The lowest BCUT2D eigenvalue weighted by atomic mass is 10.1. The highest BCUT2D eigenvalue weighted by Gasteiger charge is 2.47. The van der Waals surface area contributed by atoms with Crippen LogP contribution in [0.5, 0.6) is 0 Å². The number of aromatic amines is 1. The number of alkyl halides is 6. The van der Waals surface area contributed by atoms with E-state index in [1.165, 1.54) is 0 Å². The van der Waals surface area contributed by atoms with Crippen molar-refractivity contribution in [1.29, 1.82) is 0 Å². The smallest absolute Gasteiger partial charge is 0.419 e. The maximum atomic E-state index is 12.4. The molecular weight excluding hydrogens is 256 g/mol. The summed E-state index contributed by atoms with van der Waals surface area (Å²) < 4.78 is 78.1. The van der Waals surface area contributed by atoms with Crippen LogP contribution >= 0.6 is 0 Å². The van der Waals surface area contributed by atoms with Gasteiger partial charge in [0.25, 0.3) is 0 Å². The molecule has 0 spiro atoms. The predicted molar refractivity (Wildman–Crippen MR) is 42.1 cm³/mol. The fourth-order valence-electron chi connectivity index (χ4n) is 1.20. The van der Waals surface area contributed by atoms with Crippen molar-refractivity contribution in [2.45, 2.75) is 12.4 Å². The molecule has 3 nitrogen and oxygen atoms in total. The molecule has 0 fully saturated rings. The van der Waals surface area contributed by atoms with Gasteiger partial charge >= 0.3 is 18.3 Å². The van der Waals surface area contributed by atoms with Crippen LogP contribution in [0.25, 0.3) is 0 Å². The van der Waals surface area contributed by atoms with Crippen molar-refractivity contribution in [1.82, 2.24) is 4.98 Å². The average Bonchev–Trinajstić information content (AvgIpc) is 2.59. The molecule has 0 aliphatic carbocycles. The number of carbonyl (C=O) groups is 1. The fourth-order valence-corrected chi connectivity index (χ4v) is 1.20. The van der Waals surface area contributed by atoms with Crippen molar-refractivity contribution in [2.24, 2.45) is 0 Å². The van der Waals surface area contributed by atoms with Crippen LogP contribution in [0.4, 0.5) is 26.3 Å². The molecule has 1 N–H and O–H groups in total. The van der Waals surface area contributed by atoms with E-state index in [4.69, 9.17) is 0 Å². The molecule has 0 aliphatic rings. The van der Waals surface area contributed by atoms with E-state index in [0.717, 1.165) is 7.11 Å². The largest absolute Gasteiger partial charge is 0.464 e. The van der Waals surface area contributed by atoms with Gasteiger partial charge in [-0.05, 0) is 0 Å². The highest BCUT2D eigenvalue weighted by Crippen LogP contribution is 2.42. The third-order valence-corrected chi connectivity index (χ3v) is 1.86. The molecule has 0 aromatic carbocycles. The zero-order chi connectivity index (χ0) is 13.4. The second kappa shape index (κ2) is 3.97. The zero-order valence-electron chi connectivity index (χ0n) is 8.16. The maximum Gasteiger partial charge on any atom is 0.419 e. The zero-order valence-corrected chi connectivity index (χ0v) is 8.16. The second-order valence-electron chi connectivity index (χ2n) is 2.94. The number of hydrogen-bond acceptors (Lipinski definition) is 2. The minimum absolute atomic E-state index is 0.0784. The molecule has 0 saturated heterocycles. The van der Waals surface area contributed by atoms with E-state index in [1.54, 1.807) is 4.98 Å². The summed E-state index contributed by atoms with van der Waals surface area (Å²) in [5.74, 6) is -1.52. The van der Waals surface area contributed by atoms with Crippen molar-refractivity contribution >= 4 is 5.97 Å². The Morgan fingerprint density at radius 2 is 1.71 bits per heavy atom. The van der Waals surface area contributed by atoms with Gasteiger partial charge in [0, 0.05) is 6.20 Å². The summed E-state index contributed by atoms with van der Waals surface area (Å²) >= 11 is 0. The maximum absolute atomic E-state index is 12.4. The molecule has 0 amide bonds. The topological polar surface area (TPSA) is 42.1 Å². The number of methoxy groups -OCH3 is 1. The van der Waals surface area contributed by atoms with Gasteiger partial charge in [0.1, 0.15) is 11.3 Å². The van der Waals surface area contributed by atoms with E-state index >= 15 is 0 Å². The highest BCUT2D eigenvalue weighted by molar-refractivity contribution is 5.89. The molecular formula is C8H5F6NO2. The molecule has 0 atom stereocenters. The van der Waals surface area contributed by atoms with Gasteiger partial charge in [0.15, 0.2) is 0 Å². The van der Waals surface area contributed by atoms with Gasteiger partial charge in [-0.25, -0.2) is 4.79 Å². The third kappa shape index (κ3) is 2.53. The number of rotatable bonds is 1. The summed E-state index contributed by atoms with van der Waals surface area (Å²) in [4.78, 5) is 12.5. The monoisotopic (exact) mass is 261 g/mol. The standard InChI is InChI=1S/C8H5F6NO2/c1-17-6(16)5-4(8(12,13)14)3(2-15-5)7(9,10)11/h2,15H,1H3. The molecule has 1 rings (SSSR count). The SMILES string of the molecule is COC(=O)c1[nH]cc(C(F)(F)F)c1C(F)(F)F. The second-order valence-corrected chi connectivity index (χ2v) is 2.94. The Labute approximate surface area is 90.4 Å². The number of aromatic nitrogens is 1. The Hall–Kier alpha value is -1.67. The Balaban J connectivity index is 3.47. The summed E-state index contributed by atoms with van der Waals surface area (Å²) in [7, 11) is 0.761. The first kappa shape index (κ1) is 13.4. The minimum Gasteiger partial charge on any atom is -0.464 e. The van der Waals surface area contributed by atoms with Crippen LogP contribution in [0.1, 0.15) is 21.6 Å². The average molecular weight is 261 g/mol. The number of carbonyl (C=O) groups excluding carboxylic acids is 1. The molecule has 0 bridgehead atoms. The van der Waals surface area contributed by atoms with Crippen LogP contribution in [0.2, 0.25) is 0 Å². The number of nitrogens with one attached hydrogen (secondary N) is 1. The summed E-state index contributed by atoms with van der Waals surface area (Å²) in [6.45, 7) is 0. The molecule has 0 radical (unpaired) electrons. The normalized spacial score (nSPS) is 12.6. The first-order valence-electron chi connectivity index (χ1n) is 4.03. The molecule has 0 unspecified atom stereocenters. The van der Waals surface area contributed by atoms with Crippen LogP contribution in [0.15, 0.2) is 6.20 Å². The fraction of sp³-hybridized carbons (Fsp3) is 0.375. The van der Waals surface area contributed by atoms with E-state index in [9.17, 15) is 31.1 Å².